The molecule has 150 valence electrons. The van der Waals surface area contributed by atoms with Crippen molar-refractivity contribution in [2.24, 2.45) is 11.8 Å². The van der Waals surface area contributed by atoms with E-state index in [1.165, 1.54) is 35.9 Å². The Morgan fingerprint density at radius 3 is 2.76 bits per heavy atom. The lowest BCUT2D eigenvalue weighted by molar-refractivity contribution is 0.0895. The average Bonchev–Trinajstić information content (AvgIpc) is 3.21. The second-order valence-electron chi connectivity index (χ2n) is 8.53. The zero-order valence-electron chi connectivity index (χ0n) is 17.2. The summed E-state index contributed by atoms with van der Waals surface area (Å²) in [5.74, 6) is 2.58. The van der Waals surface area contributed by atoms with Crippen molar-refractivity contribution >= 4 is 10.9 Å². The van der Waals surface area contributed by atoms with Gasteiger partial charge < -0.3 is 9.72 Å². The first-order valence-electron chi connectivity index (χ1n) is 11.0. The maximum atomic E-state index is 6.13. The van der Waals surface area contributed by atoms with Crippen LogP contribution in [0.2, 0.25) is 0 Å². The predicted molar refractivity (Wildman–Crippen MR) is 119 cm³/mol. The fourth-order valence-corrected chi connectivity index (χ4v) is 5.12. The molecule has 3 nitrogen and oxygen atoms in total. The van der Waals surface area contributed by atoms with Crippen LogP contribution in [0.3, 0.4) is 0 Å². The molecule has 1 aromatic heterocycles. The van der Waals surface area contributed by atoms with Crippen molar-refractivity contribution < 1.29 is 4.74 Å². The van der Waals surface area contributed by atoms with Crippen molar-refractivity contribution in [3.8, 4) is 5.75 Å². The van der Waals surface area contributed by atoms with Crippen LogP contribution in [0.1, 0.15) is 30.9 Å². The van der Waals surface area contributed by atoms with E-state index in [0.717, 1.165) is 36.1 Å². The van der Waals surface area contributed by atoms with Gasteiger partial charge in [-0.3, -0.25) is 4.90 Å². The van der Waals surface area contributed by atoms with Crippen LogP contribution < -0.4 is 4.74 Å². The highest BCUT2D eigenvalue weighted by molar-refractivity contribution is 5.88. The second kappa shape index (κ2) is 8.08. The summed E-state index contributed by atoms with van der Waals surface area (Å²) < 4.78 is 6.13. The van der Waals surface area contributed by atoms with Gasteiger partial charge >= 0.3 is 0 Å². The minimum absolute atomic E-state index is 0.593. The lowest BCUT2D eigenvalue weighted by atomic mass is 9.75. The SMILES string of the molecule is CC[C@@H]1CC2C=CC1CN2CCc1c[nH]c2c(OCc3ccccc3)cccc12. The van der Waals surface area contributed by atoms with E-state index in [1.807, 2.05) is 6.07 Å². The van der Waals surface area contributed by atoms with E-state index in [4.69, 9.17) is 4.74 Å². The molecule has 1 N–H and O–H groups in total. The molecule has 0 spiro atoms. The van der Waals surface area contributed by atoms with Crippen molar-refractivity contribution in [1.82, 2.24) is 9.88 Å². The Morgan fingerprint density at radius 1 is 1.07 bits per heavy atom. The molecule has 29 heavy (non-hydrogen) atoms. The van der Waals surface area contributed by atoms with E-state index in [2.05, 4.69) is 77.6 Å². The topological polar surface area (TPSA) is 28.3 Å². The van der Waals surface area contributed by atoms with Crippen LogP contribution >= 0.6 is 0 Å². The van der Waals surface area contributed by atoms with Crippen LogP contribution in [0.15, 0.2) is 66.9 Å². The summed E-state index contributed by atoms with van der Waals surface area (Å²) in [6.45, 7) is 5.29. The van der Waals surface area contributed by atoms with Crippen molar-refractivity contribution in [2.75, 3.05) is 13.1 Å². The molecule has 3 aromatic rings. The third-order valence-corrected chi connectivity index (χ3v) is 6.84. The molecular formula is C26H30N2O. The van der Waals surface area contributed by atoms with E-state index in [9.17, 15) is 0 Å². The van der Waals surface area contributed by atoms with Gasteiger partial charge in [0.2, 0.25) is 0 Å². The number of hydrogen-bond donors (Lipinski definition) is 1. The Kier molecular flexibility index (Phi) is 5.15. The number of para-hydroxylation sites is 1. The number of aromatic amines is 1. The summed E-state index contributed by atoms with van der Waals surface area (Å²) >= 11 is 0. The molecule has 0 radical (unpaired) electrons. The molecule has 1 saturated heterocycles. The molecule has 6 rings (SSSR count). The van der Waals surface area contributed by atoms with Gasteiger partial charge in [-0.05, 0) is 41.9 Å². The largest absolute Gasteiger partial charge is 0.487 e. The zero-order valence-corrected chi connectivity index (χ0v) is 17.2. The molecule has 2 unspecified atom stereocenters. The molecule has 2 bridgehead atoms. The van der Waals surface area contributed by atoms with Gasteiger partial charge in [0.25, 0.3) is 0 Å². The molecule has 3 aliphatic rings. The first kappa shape index (κ1) is 18.5. The molecule has 3 atom stereocenters. The Balaban J connectivity index is 1.27. The summed E-state index contributed by atoms with van der Waals surface area (Å²) in [5, 5.41) is 1.29. The minimum atomic E-state index is 0.593. The van der Waals surface area contributed by atoms with Crippen molar-refractivity contribution in [2.45, 2.75) is 38.8 Å². The van der Waals surface area contributed by atoms with Gasteiger partial charge in [0.1, 0.15) is 12.4 Å². The van der Waals surface area contributed by atoms with Crippen molar-refractivity contribution in [1.29, 1.82) is 0 Å². The highest BCUT2D eigenvalue weighted by Crippen LogP contribution is 2.36. The number of H-pyrrole nitrogens is 1. The second-order valence-corrected chi connectivity index (χ2v) is 8.53. The third kappa shape index (κ3) is 3.72. The molecule has 3 heteroatoms. The van der Waals surface area contributed by atoms with Gasteiger partial charge in [0.05, 0.1) is 5.52 Å². The molecular weight excluding hydrogens is 356 g/mol. The van der Waals surface area contributed by atoms with Crippen LogP contribution in [0, 0.1) is 11.8 Å². The standard InChI is InChI=1S/C26H30N2O/c1-2-20-15-23-12-11-22(20)17-28(23)14-13-21-16-27-26-24(21)9-6-10-25(26)29-18-19-7-4-3-5-8-19/h3-12,16,20,22-23,27H,2,13-15,17-18H2,1H3/t20-,22?,23?/m1/s1. The number of nitrogens with zero attached hydrogens (tertiary/aromatic N) is 1. The van der Waals surface area contributed by atoms with Crippen LogP contribution in [-0.2, 0) is 13.0 Å². The van der Waals surface area contributed by atoms with Gasteiger partial charge in [-0.1, -0.05) is 68.0 Å². The number of hydrogen-bond acceptors (Lipinski definition) is 2. The van der Waals surface area contributed by atoms with Crippen molar-refractivity contribution in [3.05, 3.63) is 78.0 Å². The highest BCUT2D eigenvalue weighted by atomic mass is 16.5. The Labute approximate surface area is 173 Å². The summed E-state index contributed by atoms with van der Waals surface area (Å²) in [7, 11) is 0. The fraction of sp³-hybridized carbons (Fsp3) is 0.385. The number of piperidine rings is 1. The number of benzene rings is 2. The van der Waals surface area contributed by atoms with Crippen LogP contribution in [0.4, 0.5) is 0 Å². The van der Waals surface area contributed by atoms with E-state index in [1.54, 1.807) is 0 Å². The lowest BCUT2D eigenvalue weighted by Gasteiger charge is -2.46. The number of nitrogens with one attached hydrogen (secondary N) is 1. The first-order valence-corrected chi connectivity index (χ1v) is 11.0. The summed E-state index contributed by atoms with van der Waals surface area (Å²) in [4.78, 5) is 6.16. The number of rotatable bonds is 7. The van der Waals surface area contributed by atoms with Gasteiger partial charge in [-0.15, -0.1) is 0 Å². The molecule has 0 saturated carbocycles. The lowest BCUT2D eigenvalue weighted by Crippen LogP contribution is -2.49. The molecule has 1 fully saturated rings. The van der Waals surface area contributed by atoms with Gasteiger partial charge in [0.15, 0.2) is 0 Å². The number of ether oxygens (including phenoxy) is 1. The van der Waals surface area contributed by atoms with Crippen LogP contribution in [0.25, 0.3) is 10.9 Å². The van der Waals surface area contributed by atoms with E-state index in [-0.39, 0.29) is 0 Å². The third-order valence-electron chi connectivity index (χ3n) is 6.84. The normalized spacial score (nSPS) is 23.7. The maximum absolute atomic E-state index is 6.13. The quantitative estimate of drug-likeness (QED) is 0.537. The Morgan fingerprint density at radius 2 is 1.97 bits per heavy atom. The van der Waals surface area contributed by atoms with E-state index >= 15 is 0 Å². The molecule has 3 heterocycles. The maximum Gasteiger partial charge on any atom is 0.143 e. The average molecular weight is 387 g/mol. The molecule has 1 aliphatic carbocycles. The summed E-state index contributed by atoms with van der Waals surface area (Å²) in [6, 6.07) is 17.4. The van der Waals surface area contributed by atoms with E-state index < -0.39 is 0 Å². The predicted octanol–water partition coefficient (Wildman–Crippen LogP) is 5.58. The van der Waals surface area contributed by atoms with Gasteiger partial charge in [-0.2, -0.15) is 0 Å². The van der Waals surface area contributed by atoms with Gasteiger partial charge in [-0.25, -0.2) is 0 Å². The van der Waals surface area contributed by atoms with Crippen LogP contribution in [0.5, 0.6) is 5.75 Å². The van der Waals surface area contributed by atoms with E-state index in [0.29, 0.717) is 12.6 Å². The zero-order chi connectivity index (χ0) is 19.6. The summed E-state index contributed by atoms with van der Waals surface area (Å²) in [6.07, 6.45) is 10.8. The molecule has 2 aromatic carbocycles. The highest BCUT2D eigenvalue weighted by Gasteiger charge is 2.35. The Hall–Kier alpha value is -2.52. The summed E-state index contributed by atoms with van der Waals surface area (Å²) in [5.41, 5.74) is 3.70. The minimum Gasteiger partial charge on any atom is -0.487 e. The first-order chi connectivity index (χ1) is 14.3. The van der Waals surface area contributed by atoms with Crippen LogP contribution in [-0.4, -0.2) is 29.0 Å². The fourth-order valence-electron chi connectivity index (χ4n) is 5.12. The van der Waals surface area contributed by atoms with Gasteiger partial charge in [0, 0.05) is 30.7 Å². The number of aromatic nitrogens is 1. The smallest absolute Gasteiger partial charge is 0.143 e. The van der Waals surface area contributed by atoms with Crippen molar-refractivity contribution in [3.63, 3.8) is 0 Å². The number of fused-ring (bicyclic) bond motifs is 3. The monoisotopic (exact) mass is 386 g/mol. The molecule has 2 aliphatic heterocycles. The molecule has 0 amide bonds. The Bertz CT molecular complexity index is 990.